The second kappa shape index (κ2) is 25.2. The van der Waals surface area contributed by atoms with Crippen LogP contribution in [0.2, 0.25) is 0 Å². The van der Waals surface area contributed by atoms with Crippen molar-refractivity contribution >= 4 is 58.7 Å². The number of nitrogens with zero attached hydrogens (tertiary/aromatic N) is 4. The first kappa shape index (κ1) is 53.8. The highest BCUT2D eigenvalue weighted by Gasteiger charge is 2.37. The fraction of sp³-hybridized carbons (Fsp3) is 0.492. The number of nitrogens with one attached hydrogen (secondary N) is 4. The Labute approximate surface area is 450 Å². The Balaban J connectivity index is 0.878. The van der Waals surface area contributed by atoms with E-state index in [4.69, 9.17) is 19.4 Å². The summed E-state index contributed by atoms with van der Waals surface area (Å²) in [6, 6.07) is 16.1. The monoisotopic (exact) mass is 1050 g/mol. The van der Waals surface area contributed by atoms with Crippen LogP contribution >= 0.6 is 23.5 Å². The highest BCUT2D eigenvalue weighted by molar-refractivity contribution is 7.98. The molecule has 8 aliphatic rings. The number of aromatic nitrogens is 4. The summed E-state index contributed by atoms with van der Waals surface area (Å²) in [6.45, 7) is 3.66. The van der Waals surface area contributed by atoms with E-state index in [0.717, 1.165) is 116 Å². The van der Waals surface area contributed by atoms with E-state index in [9.17, 15) is 19.2 Å². The van der Waals surface area contributed by atoms with E-state index < -0.39 is 24.3 Å². The van der Waals surface area contributed by atoms with Crippen LogP contribution in [0.3, 0.4) is 0 Å². The number of imidazole rings is 2. The Morgan fingerprint density at radius 1 is 0.720 bits per heavy atom. The highest BCUT2D eigenvalue weighted by atomic mass is 32.2. The zero-order chi connectivity index (χ0) is 52.4. The molecular weight excluding hydrogens is 981 g/mol. The first-order chi connectivity index (χ1) is 36.5. The van der Waals surface area contributed by atoms with E-state index in [2.05, 4.69) is 100 Å². The third-order valence-corrected chi connectivity index (χ3v) is 17.4. The van der Waals surface area contributed by atoms with E-state index in [-0.39, 0.29) is 23.9 Å². The number of allylic oxidation sites excluding steroid dienone is 8. The molecule has 14 nitrogen and oxygen atoms in total. The number of aromatic amines is 2. The number of ether oxygens (including phenoxy) is 2. The molecule has 4 bridgehead atoms. The van der Waals surface area contributed by atoms with Crippen LogP contribution in [-0.2, 0) is 19.1 Å². The summed E-state index contributed by atoms with van der Waals surface area (Å²) in [7, 11) is 2.64. The average Bonchev–Trinajstić information content (AvgIpc) is 4.16. The van der Waals surface area contributed by atoms with Crippen molar-refractivity contribution in [1.29, 1.82) is 0 Å². The molecule has 0 unspecified atom stereocenters. The van der Waals surface area contributed by atoms with E-state index in [1.807, 2.05) is 34.7 Å². The lowest BCUT2D eigenvalue weighted by Crippen LogP contribution is -2.51. The molecule has 16 heteroatoms. The molecule has 4 amide bonds. The van der Waals surface area contributed by atoms with Crippen molar-refractivity contribution in [1.82, 2.24) is 40.4 Å². The molecule has 2 aromatic heterocycles. The number of benzene rings is 2. The van der Waals surface area contributed by atoms with E-state index in [1.54, 1.807) is 23.5 Å². The van der Waals surface area contributed by atoms with Gasteiger partial charge in [-0.1, -0.05) is 85.3 Å². The Bertz CT molecular complexity index is 2780. The Morgan fingerprint density at radius 2 is 1.24 bits per heavy atom. The summed E-state index contributed by atoms with van der Waals surface area (Å²) in [5, 5.41) is 5.56. The van der Waals surface area contributed by atoms with Crippen LogP contribution < -0.4 is 10.6 Å². The number of carbonyl (C=O) groups excluding carboxylic acids is 4. The topological polar surface area (TPSA) is 175 Å². The number of likely N-dealkylation sites (tertiary alicyclic amines) is 2. The number of methoxy groups -OCH3 is 2. The van der Waals surface area contributed by atoms with Crippen molar-refractivity contribution in [3.63, 3.8) is 0 Å². The fourth-order valence-corrected chi connectivity index (χ4v) is 12.8. The van der Waals surface area contributed by atoms with Gasteiger partial charge in [0.1, 0.15) is 23.7 Å². The lowest BCUT2D eigenvalue weighted by molar-refractivity contribution is -0.138. The number of amides is 4. The Hall–Kier alpha value is -6.00. The van der Waals surface area contributed by atoms with Gasteiger partial charge < -0.3 is 39.9 Å². The molecule has 0 radical (unpaired) electrons. The Morgan fingerprint density at radius 3 is 1.76 bits per heavy atom. The van der Waals surface area contributed by atoms with Crippen LogP contribution in [0.5, 0.6) is 0 Å². The summed E-state index contributed by atoms with van der Waals surface area (Å²) in [6.07, 6.45) is 28.0. The number of piperidine rings is 2. The number of carbonyl (C=O) groups is 4. The molecule has 2 fully saturated rings. The number of hydrogen-bond acceptors (Lipinski definition) is 10. The van der Waals surface area contributed by atoms with Gasteiger partial charge in [-0.2, -0.15) is 23.5 Å². The van der Waals surface area contributed by atoms with Gasteiger partial charge in [-0.15, -0.1) is 0 Å². The van der Waals surface area contributed by atoms with Crippen molar-refractivity contribution in [2.75, 3.05) is 51.3 Å². The van der Waals surface area contributed by atoms with Crippen molar-refractivity contribution in [3.8, 4) is 22.5 Å². The SMILES string of the molecule is COC(=O)N[C@@H](CCSC)C(=O)N1CCCC[C@H]1c1ncc(-c2ccc(C3=CC4=CC[C@@H]3C[C@@H](C)[C@@H]3C=CC(=C(c5ccc(-c6cnc([C@@H]7CCCCN7C(=O)[C@H](CCSC)NC(=O)OC)[nH]6)cc5)C3)CC4)cc2)[nH]1. The van der Waals surface area contributed by atoms with E-state index in [1.165, 1.54) is 47.6 Å². The van der Waals surface area contributed by atoms with Gasteiger partial charge in [0.05, 0.1) is 50.1 Å². The minimum absolute atomic E-state index is 0.0943. The molecule has 12 rings (SSSR count). The maximum atomic E-state index is 13.9. The molecule has 4 N–H and O–H groups in total. The molecule has 4 heterocycles. The Kier molecular flexibility index (Phi) is 18.1. The summed E-state index contributed by atoms with van der Waals surface area (Å²) in [4.78, 5) is 72.9. The standard InChI is InChI=1S/C59H74N8O6S2/c1-37-32-45-15-13-38(33-46(45)40-16-21-42(22-17-40)50-35-60-54(62-50)52-10-6-8-28-66(52)56(68)48(26-30-74-4)64-58(70)72-2)12-14-39-20-25-44(37)34-47(39)41-18-23-43(24-19-41)51-36-61-55(63-51)53-11-7-9-29-67(53)57(69)49(27-31-75-5)65-59(71)73-3/h13,16-25,33,35-37,44-45,48-49,52-53H,6-12,14-15,26-32,34H2,1-5H3,(H,60,62)(H,61,63)(H,64,70)(H,65,71)/t37-,44-,45-,48+,49+,52+,53+/m1/s1. The van der Waals surface area contributed by atoms with Crippen LogP contribution in [0.15, 0.2) is 96.4 Å². The summed E-state index contributed by atoms with van der Waals surface area (Å²) < 4.78 is 9.72. The van der Waals surface area contributed by atoms with Crippen molar-refractivity contribution in [2.24, 2.45) is 17.8 Å². The minimum Gasteiger partial charge on any atom is -0.453 e. The van der Waals surface area contributed by atoms with Crippen LogP contribution in [-0.4, -0.2) is 117 Å². The predicted molar refractivity (Wildman–Crippen MR) is 301 cm³/mol. The van der Waals surface area contributed by atoms with Gasteiger partial charge in [0.2, 0.25) is 11.8 Å². The zero-order valence-corrected chi connectivity index (χ0v) is 45.8. The molecular formula is C59H74N8O6S2. The normalized spacial score (nSPS) is 22.6. The van der Waals surface area contributed by atoms with Crippen LogP contribution in [0.25, 0.3) is 33.7 Å². The third-order valence-electron chi connectivity index (χ3n) is 16.1. The second-order valence-electron chi connectivity index (χ2n) is 20.8. The van der Waals surface area contributed by atoms with Crippen molar-refractivity contribution in [3.05, 3.63) is 119 Å². The number of H-pyrrole nitrogens is 2. The summed E-state index contributed by atoms with van der Waals surface area (Å²) in [5.41, 5.74) is 12.1. The number of rotatable bonds is 16. The predicted octanol–water partition coefficient (Wildman–Crippen LogP) is 11.7. The first-order valence-electron chi connectivity index (χ1n) is 27.0. The molecule has 398 valence electrons. The van der Waals surface area contributed by atoms with E-state index >= 15 is 0 Å². The molecule has 0 spiro atoms. The first-order valence-corrected chi connectivity index (χ1v) is 29.7. The van der Waals surface area contributed by atoms with Crippen LogP contribution in [0.4, 0.5) is 9.59 Å². The lowest BCUT2D eigenvalue weighted by atomic mass is 9.71. The molecule has 2 aliphatic heterocycles. The summed E-state index contributed by atoms with van der Waals surface area (Å²) >= 11 is 3.29. The van der Waals surface area contributed by atoms with E-state index in [0.29, 0.717) is 43.7 Å². The van der Waals surface area contributed by atoms with Gasteiger partial charge in [-0.25, -0.2) is 19.6 Å². The van der Waals surface area contributed by atoms with Gasteiger partial charge in [0, 0.05) is 13.1 Å². The zero-order valence-electron chi connectivity index (χ0n) is 44.2. The number of thioether (sulfide) groups is 2. The molecule has 2 saturated heterocycles. The number of alkyl carbamates (subject to hydrolysis) is 2. The highest BCUT2D eigenvalue weighted by Crippen LogP contribution is 2.45. The van der Waals surface area contributed by atoms with Gasteiger partial charge in [0.15, 0.2) is 0 Å². The van der Waals surface area contributed by atoms with Crippen LogP contribution in [0.1, 0.15) is 125 Å². The van der Waals surface area contributed by atoms with Gasteiger partial charge in [0.25, 0.3) is 0 Å². The maximum Gasteiger partial charge on any atom is 0.407 e. The second-order valence-corrected chi connectivity index (χ2v) is 22.8. The fourth-order valence-electron chi connectivity index (χ4n) is 11.9. The average molecular weight is 1060 g/mol. The van der Waals surface area contributed by atoms with Crippen molar-refractivity contribution < 1.29 is 28.7 Å². The molecule has 6 aliphatic carbocycles. The third kappa shape index (κ3) is 12.7. The molecule has 0 saturated carbocycles. The lowest BCUT2D eigenvalue weighted by Gasteiger charge is -2.36. The van der Waals surface area contributed by atoms with Crippen LogP contribution in [0, 0.1) is 17.8 Å². The van der Waals surface area contributed by atoms with Gasteiger partial charge >= 0.3 is 12.2 Å². The molecule has 4 aromatic rings. The summed E-state index contributed by atoms with van der Waals surface area (Å²) in [5.74, 6) is 4.15. The van der Waals surface area contributed by atoms with Crippen molar-refractivity contribution in [2.45, 2.75) is 115 Å². The minimum atomic E-state index is -0.655. The molecule has 75 heavy (non-hydrogen) atoms. The quantitative estimate of drug-likeness (QED) is 0.0845. The maximum absolute atomic E-state index is 13.9. The smallest absolute Gasteiger partial charge is 0.407 e. The largest absolute Gasteiger partial charge is 0.453 e. The van der Waals surface area contributed by atoms with Gasteiger partial charge in [-0.05, 0) is 164 Å². The molecule has 2 aromatic carbocycles. The molecule has 7 atom stereocenters. The number of hydrogen-bond donors (Lipinski definition) is 4. The van der Waals surface area contributed by atoms with Gasteiger partial charge in [-0.3, -0.25) is 9.59 Å².